The van der Waals surface area contributed by atoms with Gasteiger partial charge in [0.25, 0.3) is 0 Å². The molecule has 3 N–H and O–H groups in total. The Hall–Kier alpha value is 0.0700. The van der Waals surface area contributed by atoms with Crippen LogP contribution in [0.3, 0.4) is 0 Å². The van der Waals surface area contributed by atoms with E-state index in [0.717, 1.165) is 30.9 Å². The van der Waals surface area contributed by atoms with Crippen LogP contribution in [-0.4, -0.2) is 34.3 Å². The summed E-state index contributed by atoms with van der Waals surface area (Å²) >= 11 is 0. The topological polar surface area (TPSA) is 55.1 Å². The molecular weight excluding hydrogens is 220 g/mol. The highest BCUT2D eigenvalue weighted by Gasteiger charge is 2.27. The van der Waals surface area contributed by atoms with E-state index in [9.17, 15) is 4.21 Å². The first-order chi connectivity index (χ1) is 7.79. The summed E-state index contributed by atoms with van der Waals surface area (Å²) in [6, 6.07) is 1.21. The Morgan fingerprint density at radius 1 is 1.12 bits per heavy atom. The summed E-state index contributed by atoms with van der Waals surface area (Å²) < 4.78 is 11.3. The summed E-state index contributed by atoms with van der Waals surface area (Å²) in [7, 11) is -0.543. The van der Waals surface area contributed by atoms with Crippen molar-refractivity contribution in [3.63, 3.8) is 0 Å². The maximum Gasteiger partial charge on any atom is 0.0249 e. The van der Waals surface area contributed by atoms with E-state index in [1.807, 2.05) is 0 Å². The second-order valence-electron chi connectivity index (χ2n) is 5.18. The van der Waals surface area contributed by atoms with Crippen LogP contribution in [0.1, 0.15) is 38.5 Å². The first-order valence-corrected chi connectivity index (χ1v) is 8.09. The number of hydrogen-bond donors (Lipinski definition) is 2. The maximum absolute atomic E-state index is 11.3. The fourth-order valence-electron chi connectivity index (χ4n) is 2.97. The summed E-state index contributed by atoms with van der Waals surface area (Å²) in [5.74, 6) is 2.44. The Bertz CT molecular complexity index is 237. The van der Waals surface area contributed by atoms with Gasteiger partial charge in [-0.15, -0.1) is 0 Å². The molecule has 1 saturated carbocycles. The lowest BCUT2D eigenvalue weighted by Gasteiger charge is -2.35. The maximum atomic E-state index is 11.3. The summed E-state index contributed by atoms with van der Waals surface area (Å²) in [5.41, 5.74) is 5.83. The van der Waals surface area contributed by atoms with Gasteiger partial charge in [-0.05, 0) is 38.1 Å². The summed E-state index contributed by atoms with van der Waals surface area (Å²) in [6.45, 7) is 0.816. The van der Waals surface area contributed by atoms with Crippen molar-refractivity contribution in [2.45, 2.75) is 50.6 Å². The third kappa shape index (κ3) is 3.28. The lowest BCUT2D eigenvalue weighted by Crippen LogP contribution is -2.48. The summed E-state index contributed by atoms with van der Waals surface area (Å²) in [5, 5.41) is 3.76. The minimum Gasteiger partial charge on any atom is -0.330 e. The lowest BCUT2D eigenvalue weighted by molar-refractivity contribution is 0.242. The van der Waals surface area contributed by atoms with Gasteiger partial charge in [0.2, 0.25) is 0 Å². The fourth-order valence-corrected chi connectivity index (χ4v) is 4.27. The second-order valence-corrected chi connectivity index (χ2v) is 6.87. The zero-order valence-corrected chi connectivity index (χ0v) is 10.8. The molecule has 1 aliphatic heterocycles. The van der Waals surface area contributed by atoms with Crippen molar-refractivity contribution in [2.75, 3.05) is 18.1 Å². The predicted octanol–water partition coefficient (Wildman–Crippen LogP) is 1.00. The standard InChI is InChI=1S/C12H24N2OS/c13-9-10-3-1-2-4-12(10)14-11-5-7-16(15)8-6-11/h10-12,14H,1-9,13H2. The van der Waals surface area contributed by atoms with Crippen LogP contribution in [0.4, 0.5) is 0 Å². The molecule has 4 heteroatoms. The van der Waals surface area contributed by atoms with E-state index in [1.54, 1.807) is 0 Å². The molecule has 0 amide bonds. The van der Waals surface area contributed by atoms with Crippen LogP contribution < -0.4 is 11.1 Å². The summed E-state index contributed by atoms with van der Waals surface area (Å²) in [4.78, 5) is 0. The smallest absolute Gasteiger partial charge is 0.0249 e. The molecule has 2 rings (SSSR count). The molecule has 2 unspecified atom stereocenters. The highest BCUT2D eigenvalue weighted by atomic mass is 32.2. The van der Waals surface area contributed by atoms with Gasteiger partial charge in [-0.3, -0.25) is 4.21 Å². The molecule has 2 atom stereocenters. The van der Waals surface area contributed by atoms with Crippen LogP contribution in [-0.2, 0) is 10.8 Å². The Morgan fingerprint density at radius 2 is 1.81 bits per heavy atom. The van der Waals surface area contributed by atoms with Crippen LogP contribution in [0, 0.1) is 5.92 Å². The van der Waals surface area contributed by atoms with Crippen molar-refractivity contribution in [3.05, 3.63) is 0 Å². The molecule has 2 aliphatic rings. The largest absolute Gasteiger partial charge is 0.330 e. The molecule has 0 spiro atoms. The van der Waals surface area contributed by atoms with Crippen molar-refractivity contribution >= 4 is 10.8 Å². The number of nitrogens with two attached hydrogens (primary N) is 1. The average Bonchev–Trinajstić information content (AvgIpc) is 2.33. The van der Waals surface area contributed by atoms with E-state index in [0.29, 0.717) is 18.0 Å². The second kappa shape index (κ2) is 6.12. The molecule has 1 heterocycles. The SMILES string of the molecule is NCC1CCCCC1NC1CCS(=O)CC1. The van der Waals surface area contributed by atoms with Crippen LogP contribution in [0.5, 0.6) is 0 Å². The molecule has 2 fully saturated rings. The van der Waals surface area contributed by atoms with E-state index < -0.39 is 10.8 Å². The van der Waals surface area contributed by atoms with Gasteiger partial charge in [0.1, 0.15) is 0 Å². The molecule has 1 aliphatic carbocycles. The van der Waals surface area contributed by atoms with E-state index in [2.05, 4.69) is 5.32 Å². The zero-order valence-electron chi connectivity index (χ0n) is 9.99. The molecule has 0 bridgehead atoms. The van der Waals surface area contributed by atoms with Crippen molar-refractivity contribution in [2.24, 2.45) is 11.7 Å². The molecule has 94 valence electrons. The van der Waals surface area contributed by atoms with Gasteiger partial charge in [0, 0.05) is 34.4 Å². The van der Waals surface area contributed by atoms with Crippen LogP contribution in [0.2, 0.25) is 0 Å². The van der Waals surface area contributed by atoms with Gasteiger partial charge >= 0.3 is 0 Å². The number of hydrogen-bond acceptors (Lipinski definition) is 3. The van der Waals surface area contributed by atoms with Gasteiger partial charge in [-0.2, -0.15) is 0 Å². The van der Waals surface area contributed by atoms with Crippen LogP contribution >= 0.6 is 0 Å². The highest BCUT2D eigenvalue weighted by Crippen LogP contribution is 2.25. The molecule has 1 saturated heterocycles. The summed E-state index contributed by atoms with van der Waals surface area (Å²) in [6.07, 6.45) is 7.41. The third-order valence-electron chi connectivity index (χ3n) is 4.05. The van der Waals surface area contributed by atoms with Gasteiger partial charge in [0.15, 0.2) is 0 Å². The molecule has 0 radical (unpaired) electrons. The van der Waals surface area contributed by atoms with Crippen LogP contribution in [0.25, 0.3) is 0 Å². The molecular formula is C12H24N2OS. The third-order valence-corrected chi connectivity index (χ3v) is 5.43. The first-order valence-electron chi connectivity index (χ1n) is 6.60. The lowest BCUT2D eigenvalue weighted by atomic mass is 9.84. The van der Waals surface area contributed by atoms with E-state index in [-0.39, 0.29) is 0 Å². The van der Waals surface area contributed by atoms with Crippen molar-refractivity contribution in [1.82, 2.24) is 5.32 Å². The van der Waals surface area contributed by atoms with Crippen LogP contribution in [0.15, 0.2) is 0 Å². The normalized spacial score (nSPS) is 40.8. The molecule has 3 nitrogen and oxygen atoms in total. The minimum absolute atomic E-state index is 0.543. The highest BCUT2D eigenvalue weighted by molar-refractivity contribution is 7.85. The Balaban J connectivity index is 1.80. The quantitative estimate of drug-likeness (QED) is 0.779. The van der Waals surface area contributed by atoms with E-state index in [1.165, 1.54) is 25.7 Å². The van der Waals surface area contributed by atoms with Gasteiger partial charge in [-0.1, -0.05) is 12.8 Å². The predicted molar refractivity (Wildman–Crippen MR) is 68.8 cm³/mol. The fraction of sp³-hybridized carbons (Fsp3) is 1.00. The molecule has 0 aromatic heterocycles. The molecule has 0 aromatic rings. The number of nitrogens with one attached hydrogen (secondary N) is 1. The first kappa shape index (κ1) is 12.5. The van der Waals surface area contributed by atoms with E-state index in [4.69, 9.17) is 5.73 Å². The Labute approximate surface area is 101 Å². The van der Waals surface area contributed by atoms with Crippen molar-refractivity contribution in [3.8, 4) is 0 Å². The van der Waals surface area contributed by atoms with Crippen molar-refractivity contribution < 1.29 is 4.21 Å². The Morgan fingerprint density at radius 3 is 2.50 bits per heavy atom. The molecule has 0 aromatic carbocycles. The van der Waals surface area contributed by atoms with Gasteiger partial charge in [0.05, 0.1) is 0 Å². The molecule has 16 heavy (non-hydrogen) atoms. The zero-order chi connectivity index (χ0) is 11.4. The average molecular weight is 244 g/mol. The van der Waals surface area contributed by atoms with Gasteiger partial charge in [-0.25, -0.2) is 0 Å². The van der Waals surface area contributed by atoms with E-state index >= 15 is 0 Å². The van der Waals surface area contributed by atoms with Gasteiger partial charge < -0.3 is 11.1 Å². The number of rotatable bonds is 3. The minimum atomic E-state index is -0.543. The Kier molecular flexibility index (Phi) is 4.79. The monoisotopic (exact) mass is 244 g/mol. The van der Waals surface area contributed by atoms with Crippen molar-refractivity contribution in [1.29, 1.82) is 0 Å².